The molecule has 0 bridgehead atoms. The van der Waals surface area contributed by atoms with Gasteiger partial charge in [-0.25, -0.2) is 0 Å². The Kier molecular flexibility index (Phi) is 1.56. The summed E-state index contributed by atoms with van der Waals surface area (Å²) in [7, 11) is 0. The van der Waals surface area contributed by atoms with Crippen LogP contribution in [0.4, 0.5) is 0 Å². The van der Waals surface area contributed by atoms with Crippen molar-refractivity contribution in [1.29, 1.82) is 0 Å². The molecule has 1 spiro atoms. The van der Waals surface area contributed by atoms with Crippen molar-refractivity contribution in [2.45, 2.75) is 44.1 Å². The molecule has 1 saturated heterocycles. The number of nitrogens with two attached hydrogens (primary N) is 1. The number of carbonyl (C=O) groups is 1. The Hall–Kier alpha value is -0.570. The van der Waals surface area contributed by atoms with Gasteiger partial charge >= 0.3 is 0 Å². The van der Waals surface area contributed by atoms with Gasteiger partial charge in [-0.3, -0.25) is 4.79 Å². The lowest BCUT2D eigenvalue weighted by Gasteiger charge is -2.39. The second-order valence-electron chi connectivity index (χ2n) is 5.49. The molecule has 1 heterocycles. The standard InChI is InChI=1S/C11H18N2O/c12-11(2-1-3-11)9(14)13-7-6-10(8-13)4-5-10/h1-8,12H2. The summed E-state index contributed by atoms with van der Waals surface area (Å²) < 4.78 is 0. The summed E-state index contributed by atoms with van der Waals surface area (Å²) in [6.45, 7) is 1.95. The Morgan fingerprint density at radius 1 is 1.14 bits per heavy atom. The molecule has 2 N–H and O–H groups in total. The fraction of sp³-hybridized carbons (Fsp3) is 0.909. The molecule has 14 heavy (non-hydrogen) atoms. The number of hydrogen-bond donors (Lipinski definition) is 1. The topological polar surface area (TPSA) is 46.3 Å². The van der Waals surface area contributed by atoms with E-state index in [1.165, 1.54) is 19.3 Å². The molecule has 2 saturated carbocycles. The summed E-state index contributed by atoms with van der Waals surface area (Å²) in [5.41, 5.74) is 6.11. The lowest BCUT2D eigenvalue weighted by atomic mass is 9.76. The zero-order valence-corrected chi connectivity index (χ0v) is 8.59. The summed E-state index contributed by atoms with van der Waals surface area (Å²) in [5.74, 6) is 0.229. The van der Waals surface area contributed by atoms with Gasteiger partial charge in [0.05, 0.1) is 5.54 Å². The minimum absolute atomic E-state index is 0.229. The van der Waals surface area contributed by atoms with Crippen molar-refractivity contribution in [2.24, 2.45) is 11.1 Å². The Morgan fingerprint density at radius 2 is 1.86 bits per heavy atom. The smallest absolute Gasteiger partial charge is 0.242 e. The van der Waals surface area contributed by atoms with Gasteiger partial charge in [0.15, 0.2) is 0 Å². The van der Waals surface area contributed by atoms with E-state index in [-0.39, 0.29) is 5.91 Å². The van der Waals surface area contributed by atoms with Gasteiger partial charge in [0.1, 0.15) is 0 Å². The largest absolute Gasteiger partial charge is 0.341 e. The van der Waals surface area contributed by atoms with Gasteiger partial charge in [0.25, 0.3) is 0 Å². The van der Waals surface area contributed by atoms with Crippen LogP contribution in [0.15, 0.2) is 0 Å². The third kappa shape index (κ3) is 1.11. The van der Waals surface area contributed by atoms with E-state index in [1.54, 1.807) is 0 Å². The van der Waals surface area contributed by atoms with Crippen molar-refractivity contribution in [3.05, 3.63) is 0 Å². The number of carbonyl (C=O) groups excluding carboxylic acids is 1. The van der Waals surface area contributed by atoms with Crippen molar-refractivity contribution in [1.82, 2.24) is 4.90 Å². The molecular weight excluding hydrogens is 176 g/mol. The fourth-order valence-electron chi connectivity index (χ4n) is 2.78. The number of rotatable bonds is 1. The molecule has 0 radical (unpaired) electrons. The van der Waals surface area contributed by atoms with Gasteiger partial charge in [-0.1, -0.05) is 0 Å². The molecule has 1 aliphatic heterocycles. The SMILES string of the molecule is NC1(C(=O)N2CCC3(CC3)C2)CCC1. The molecule has 0 unspecified atom stereocenters. The molecule has 3 aliphatic rings. The highest BCUT2D eigenvalue weighted by Gasteiger charge is 2.52. The van der Waals surface area contributed by atoms with Gasteiger partial charge in [0, 0.05) is 13.1 Å². The van der Waals surface area contributed by atoms with Crippen LogP contribution in [0.3, 0.4) is 0 Å². The lowest BCUT2D eigenvalue weighted by Crippen LogP contribution is -2.59. The molecule has 3 heteroatoms. The summed E-state index contributed by atoms with van der Waals surface area (Å²) in [4.78, 5) is 14.1. The van der Waals surface area contributed by atoms with Crippen molar-refractivity contribution >= 4 is 5.91 Å². The summed E-state index contributed by atoms with van der Waals surface area (Å²) in [5, 5.41) is 0. The van der Waals surface area contributed by atoms with Crippen LogP contribution in [-0.4, -0.2) is 29.4 Å². The number of likely N-dealkylation sites (tertiary alicyclic amines) is 1. The normalized spacial score (nSPS) is 31.6. The maximum atomic E-state index is 12.1. The first-order valence-electron chi connectivity index (χ1n) is 5.72. The second-order valence-corrected chi connectivity index (χ2v) is 5.49. The Bertz CT molecular complexity index is 279. The first-order chi connectivity index (χ1) is 6.64. The molecule has 3 nitrogen and oxygen atoms in total. The first-order valence-corrected chi connectivity index (χ1v) is 5.72. The fourth-order valence-corrected chi connectivity index (χ4v) is 2.78. The van der Waals surface area contributed by atoms with Crippen molar-refractivity contribution < 1.29 is 4.79 Å². The minimum atomic E-state index is -0.472. The van der Waals surface area contributed by atoms with Gasteiger partial charge in [-0.15, -0.1) is 0 Å². The zero-order valence-electron chi connectivity index (χ0n) is 8.59. The van der Waals surface area contributed by atoms with E-state index in [1.807, 2.05) is 4.90 Å². The number of amides is 1. The van der Waals surface area contributed by atoms with Crippen LogP contribution in [0.25, 0.3) is 0 Å². The van der Waals surface area contributed by atoms with E-state index < -0.39 is 5.54 Å². The zero-order chi connectivity index (χ0) is 9.81. The van der Waals surface area contributed by atoms with Crippen LogP contribution in [0, 0.1) is 5.41 Å². The Balaban J connectivity index is 1.68. The van der Waals surface area contributed by atoms with E-state index in [2.05, 4.69) is 0 Å². The minimum Gasteiger partial charge on any atom is -0.341 e. The molecule has 2 aliphatic carbocycles. The molecule has 0 atom stereocenters. The van der Waals surface area contributed by atoms with Crippen molar-refractivity contribution in [3.8, 4) is 0 Å². The van der Waals surface area contributed by atoms with Crippen LogP contribution < -0.4 is 5.73 Å². The predicted molar refractivity (Wildman–Crippen MR) is 53.6 cm³/mol. The number of nitrogens with zero attached hydrogens (tertiary/aromatic N) is 1. The number of hydrogen-bond acceptors (Lipinski definition) is 2. The van der Waals surface area contributed by atoms with Crippen LogP contribution in [-0.2, 0) is 4.79 Å². The van der Waals surface area contributed by atoms with Crippen LogP contribution in [0.2, 0.25) is 0 Å². The quantitative estimate of drug-likeness (QED) is 0.673. The summed E-state index contributed by atoms with van der Waals surface area (Å²) in [6.07, 6.45) is 6.80. The maximum absolute atomic E-state index is 12.1. The van der Waals surface area contributed by atoms with Gasteiger partial charge in [-0.2, -0.15) is 0 Å². The van der Waals surface area contributed by atoms with E-state index in [0.717, 1.165) is 32.4 Å². The van der Waals surface area contributed by atoms with E-state index in [0.29, 0.717) is 5.41 Å². The maximum Gasteiger partial charge on any atom is 0.242 e. The molecule has 0 aromatic heterocycles. The van der Waals surface area contributed by atoms with Crippen molar-refractivity contribution in [2.75, 3.05) is 13.1 Å². The van der Waals surface area contributed by atoms with Gasteiger partial charge in [-0.05, 0) is 43.9 Å². The molecular formula is C11H18N2O. The predicted octanol–water partition coefficient (Wildman–Crippen LogP) is 0.880. The average molecular weight is 194 g/mol. The van der Waals surface area contributed by atoms with Crippen LogP contribution >= 0.6 is 0 Å². The lowest BCUT2D eigenvalue weighted by molar-refractivity contribution is -0.139. The third-order valence-electron chi connectivity index (χ3n) is 4.35. The molecule has 3 rings (SSSR count). The Morgan fingerprint density at radius 3 is 2.29 bits per heavy atom. The summed E-state index contributed by atoms with van der Waals surface area (Å²) >= 11 is 0. The van der Waals surface area contributed by atoms with Crippen LogP contribution in [0.5, 0.6) is 0 Å². The average Bonchev–Trinajstić information content (AvgIpc) is 2.72. The van der Waals surface area contributed by atoms with Crippen LogP contribution in [0.1, 0.15) is 38.5 Å². The summed E-state index contributed by atoms with van der Waals surface area (Å²) in [6, 6.07) is 0. The highest BCUT2D eigenvalue weighted by atomic mass is 16.2. The molecule has 0 aromatic rings. The molecule has 0 aromatic carbocycles. The van der Waals surface area contributed by atoms with E-state index >= 15 is 0 Å². The Labute approximate surface area is 84.6 Å². The third-order valence-corrected chi connectivity index (χ3v) is 4.35. The van der Waals surface area contributed by atoms with E-state index in [4.69, 9.17) is 5.73 Å². The van der Waals surface area contributed by atoms with Gasteiger partial charge in [0.2, 0.25) is 5.91 Å². The van der Waals surface area contributed by atoms with E-state index in [9.17, 15) is 4.79 Å². The molecule has 78 valence electrons. The van der Waals surface area contributed by atoms with Gasteiger partial charge < -0.3 is 10.6 Å². The highest BCUT2D eigenvalue weighted by Crippen LogP contribution is 2.53. The highest BCUT2D eigenvalue weighted by molar-refractivity contribution is 5.87. The first kappa shape index (κ1) is 8.72. The monoisotopic (exact) mass is 194 g/mol. The second kappa shape index (κ2) is 2.51. The molecule has 3 fully saturated rings. The van der Waals surface area contributed by atoms with Crippen molar-refractivity contribution in [3.63, 3.8) is 0 Å². The molecule has 1 amide bonds.